The van der Waals surface area contributed by atoms with E-state index in [1.807, 2.05) is 18.2 Å². The van der Waals surface area contributed by atoms with E-state index >= 15 is 0 Å². The molecule has 2 aromatic rings. The van der Waals surface area contributed by atoms with Crippen LogP contribution >= 0.6 is 0 Å². The van der Waals surface area contributed by atoms with Gasteiger partial charge in [0, 0.05) is 18.7 Å². The monoisotopic (exact) mass is 272 g/mol. The zero-order chi connectivity index (χ0) is 13.8. The maximum atomic E-state index is 5.39. The lowest BCUT2D eigenvalue weighted by Gasteiger charge is -2.16. The van der Waals surface area contributed by atoms with E-state index in [-0.39, 0.29) is 0 Å². The molecule has 5 nitrogen and oxygen atoms in total. The molecule has 0 radical (unpaired) electrons. The first-order valence-electron chi connectivity index (χ1n) is 7.14. The van der Waals surface area contributed by atoms with Gasteiger partial charge in [0.2, 0.25) is 11.7 Å². The minimum absolute atomic E-state index is 0.686. The molecule has 2 heterocycles. The predicted molar refractivity (Wildman–Crippen MR) is 77.2 cm³/mol. The molecule has 0 spiro atoms. The molecular formula is C15H20N4O. The zero-order valence-electron chi connectivity index (χ0n) is 11.8. The smallest absolute Gasteiger partial charge is 0.241 e. The van der Waals surface area contributed by atoms with E-state index < -0.39 is 0 Å². The van der Waals surface area contributed by atoms with Crippen molar-refractivity contribution in [1.29, 1.82) is 0 Å². The summed E-state index contributed by atoms with van der Waals surface area (Å²) in [5, 5.41) is 7.50. The van der Waals surface area contributed by atoms with Crippen LogP contribution in [0.1, 0.15) is 17.9 Å². The third-order valence-electron chi connectivity index (χ3n) is 3.65. The van der Waals surface area contributed by atoms with Crippen LogP contribution in [0.25, 0.3) is 11.4 Å². The van der Waals surface area contributed by atoms with Gasteiger partial charge >= 0.3 is 0 Å². The summed E-state index contributed by atoms with van der Waals surface area (Å²) in [6.07, 6.45) is 1.17. The van der Waals surface area contributed by atoms with E-state index in [0.717, 1.165) is 38.3 Å². The molecule has 0 atom stereocenters. The number of nitrogens with zero attached hydrogens (tertiary/aromatic N) is 3. The van der Waals surface area contributed by atoms with Gasteiger partial charge in [0.15, 0.2) is 0 Å². The van der Waals surface area contributed by atoms with Crippen molar-refractivity contribution in [3.8, 4) is 11.4 Å². The fourth-order valence-electron chi connectivity index (χ4n) is 2.50. The SMILES string of the molecule is Cc1ccccc1-c1noc(CN2CCCNCC2)n1. The Hall–Kier alpha value is -1.72. The third-order valence-corrected chi connectivity index (χ3v) is 3.65. The van der Waals surface area contributed by atoms with Crippen molar-refractivity contribution >= 4 is 0 Å². The highest BCUT2D eigenvalue weighted by Crippen LogP contribution is 2.20. The fourth-order valence-corrected chi connectivity index (χ4v) is 2.50. The second kappa shape index (κ2) is 6.15. The van der Waals surface area contributed by atoms with Crippen molar-refractivity contribution in [3.05, 3.63) is 35.7 Å². The van der Waals surface area contributed by atoms with Gasteiger partial charge in [-0.25, -0.2) is 0 Å². The Morgan fingerprint density at radius 2 is 2.15 bits per heavy atom. The molecule has 20 heavy (non-hydrogen) atoms. The second-order valence-electron chi connectivity index (χ2n) is 5.21. The summed E-state index contributed by atoms with van der Waals surface area (Å²) in [6, 6.07) is 8.11. The van der Waals surface area contributed by atoms with E-state index in [4.69, 9.17) is 4.52 Å². The Balaban J connectivity index is 1.72. The van der Waals surface area contributed by atoms with Gasteiger partial charge in [-0.1, -0.05) is 29.4 Å². The van der Waals surface area contributed by atoms with Crippen molar-refractivity contribution in [2.45, 2.75) is 19.9 Å². The Kier molecular flexibility index (Phi) is 4.08. The number of hydrogen-bond donors (Lipinski definition) is 1. The van der Waals surface area contributed by atoms with Gasteiger partial charge in [0.05, 0.1) is 6.54 Å². The maximum absolute atomic E-state index is 5.39. The Morgan fingerprint density at radius 1 is 1.25 bits per heavy atom. The van der Waals surface area contributed by atoms with E-state index in [0.29, 0.717) is 11.7 Å². The van der Waals surface area contributed by atoms with E-state index in [1.165, 1.54) is 12.0 Å². The average Bonchev–Trinajstić information content (AvgIpc) is 2.75. The third kappa shape index (κ3) is 3.05. The lowest BCUT2D eigenvalue weighted by molar-refractivity contribution is 0.239. The topological polar surface area (TPSA) is 54.2 Å². The van der Waals surface area contributed by atoms with Crippen molar-refractivity contribution in [3.63, 3.8) is 0 Å². The molecule has 1 aliphatic heterocycles. The average molecular weight is 272 g/mol. The van der Waals surface area contributed by atoms with Gasteiger partial charge < -0.3 is 9.84 Å². The number of hydrogen-bond acceptors (Lipinski definition) is 5. The summed E-state index contributed by atoms with van der Waals surface area (Å²) in [6.45, 7) is 7.02. The molecule has 0 saturated carbocycles. The van der Waals surface area contributed by atoms with Gasteiger partial charge in [-0.2, -0.15) is 4.98 Å². The van der Waals surface area contributed by atoms with E-state index in [2.05, 4.69) is 33.3 Å². The first kappa shape index (κ1) is 13.3. The first-order chi connectivity index (χ1) is 9.83. The van der Waals surface area contributed by atoms with Crippen LogP contribution in [0, 0.1) is 6.92 Å². The molecule has 0 aliphatic carbocycles. The summed E-state index contributed by atoms with van der Waals surface area (Å²) >= 11 is 0. The number of benzene rings is 1. The Morgan fingerprint density at radius 3 is 3.05 bits per heavy atom. The number of aryl methyl sites for hydroxylation is 1. The Labute approximate surface area is 119 Å². The molecular weight excluding hydrogens is 252 g/mol. The molecule has 3 rings (SSSR count). The van der Waals surface area contributed by atoms with Gasteiger partial charge in [-0.15, -0.1) is 0 Å². The van der Waals surface area contributed by atoms with Crippen LogP contribution in [0.2, 0.25) is 0 Å². The van der Waals surface area contributed by atoms with Crippen LogP contribution in [0.3, 0.4) is 0 Å². The minimum atomic E-state index is 0.686. The van der Waals surface area contributed by atoms with Crippen LogP contribution in [0.4, 0.5) is 0 Å². The molecule has 0 bridgehead atoms. The summed E-state index contributed by atoms with van der Waals surface area (Å²) in [7, 11) is 0. The minimum Gasteiger partial charge on any atom is -0.338 e. The lowest BCUT2D eigenvalue weighted by Crippen LogP contribution is -2.27. The molecule has 1 aromatic heterocycles. The van der Waals surface area contributed by atoms with Crippen molar-refractivity contribution < 1.29 is 4.52 Å². The quantitative estimate of drug-likeness (QED) is 0.924. The number of rotatable bonds is 3. The summed E-state index contributed by atoms with van der Waals surface area (Å²) in [4.78, 5) is 6.88. The van der Waals surface area contributed by atoms with Gasteiger partial charge in [0.1, 0.15) is 0 Å². The molecule has 1 aromatic carbocycles. The highest BCUT2D eigenvalue weighted by atomic mass is 16.5. The molecule has 106 valence electrons. The highest BCUT2D eigenvalue weighted by molar-refractivity contribution is 5.58. The van der Waals surface area contributed by atoms with Crippen molar-refractivity contribution in [2.24, 2.45) is 0 Å². The highest BCUT2D eigenvalue weighted by Gasteiger charge is 2.15. The number of aromatic nitrogens is 2. The van der Waals surface area contributed by atoms with Gasteiger partial charge in [0.25, 0.3) is 0 Å². The molecule has 1 aliphatic rings. The van der Waals surface area contributed by atoms with Crippen molar-refractivity contribution in [1.82, 2.24) is 20.4 Å². The normalized spacial score (nSPS) is 17.1. The van der Waals surface area contributed by atoms with E-state index in [1.54, 1.807) is 0 Å². The standard InChI is InChI=1S/C15H20N4O/c1-12-5-2-3-6-13(12)15-17-14(20-18-15)11-19-9-4-7-16-8-10-19/h2-3,5-6,16H,4,7-11H2,1H3. The van der Waals surface area contributed by atoms with Crippen LogP contribution in [-0.2, 0) is 6.54 Å². The first-order valence-corrected chi connectivity index (χ1v) is 7.14. The lowest BCUT2D eigenvalue weighted by atomic mass is 10.1. The van der Waals surface area contributed by atoms with Crippen molar-refractivity contribution in [2.75, 3.05) is 26.2 Å². The molecule has 1 saturated heterocycles. The summed E-state index contributed by atoms with van der Waals surface area (Å²) < 4.78 is 5.39. The molecule has 1 fully saturated rings. The van der Waals surface area contributed by atoms with Gasteiger partial charge in [-0.05, 0) is 32.0 Å². The fraction of sp³-hybridized carbons (Fsp3) is 0.467. The second-order valence-corrected chi connectivity index (χ2v) is 5.21. The summed E-state index contributed by atoms with van der Waals surface area (Å²) in [5.41, 5.74) is 2.21. The largest absolute Gasteiger partial charge is 0.338 e. The molecule has 5 heteroatoms. The number of nitrogens with one attached hydrogen (secondary N) is 1. The van der Waals surface area contributed by atoms with Crippen LogP contribution in [0.15, 0.2) is 28.8 Å². The molecule has 0 unspecified atom stereocenters. The maximum Gasteiger partial charge on any atom is 0.241 e. The predicted octanol–water partition coefficient (Wildman–Crippen LogP) is 1.84. The van der Waals surface area contributed by atoms with E-state index in [9.17, 15) is 0 Å². The molecule has 0 amide bonds. The zero-order valence-corrected chi connectivity index (χ0v) is 11.8. The van der Waals surface area contributed by atoms with Crippen LogP contribution in [-0.4, -0.2) is 41.2 Å². The Bertz CT molecular complexity index is 559. The van der Waals surface area contributed by atoms with Crippen LogP contribution < -0.4 is 5.32 Å². The molecule has 1 N–H and O–H groups in total. The van der Waals surface area contributed by atoms with Crippen LogP contribution in [0.5, 0.6) is 0 Å². The van der Waals surface area contributed by atoms with Gasteiger partial charge in [-0.3, -0.25) is 4.90 Å². The summed E-state index contributed by atoms with van der Waals surface area (Å²) in [5.74, 6) is 1.39.